The van der Waals surface area contributed by atoms with E-state index >= 15 is 0 Å². The van der Waals surface area contributed by atoms with Crippen LogP contribution in [0.1, 0.15) is 37.9 Å². The normalized spacial score (nSPS) is 24.6. The molecule has 1 aromatic heterocycles. The summed E-state index contributed by atoms with van der Waals surface area (Å²) in [5.41, 5.74) is 2.02. The van der Waals surface area contributed by atoms with Crippen LogP contribution >= 0.6 is 0 Å². The Morgan fingerprint density at radius 1 is 1.25 bits per heavy atom. The maximum atomic E-state index is 12.6. The molecule has 128 valence electrons. The Balaban J connectivity index is 1.34. The summed E-state index contributed by atoms with van der Waals surface area (Å²) in [5, 5.41) is 3.66. The molecule has 0 aliphatic carbocycles. The van der Waals surface area contributed by atoms with Gasteiger partial charge in [-0.1, -0.05) is 18.6 Å². The highest BCUT2D eigenvalue weighted by molar-refractivity contribution is 5.77. The molecule has 2 N–H and O–H groups in total. The molecule has 2 aromatic rings. The average Bonchev–Trinajstić information content (AvgIpc) is 2.88. The van der Waals surface area contributed by atoms with Gasteiger partial charge in [-0.15, -0.1) is 0 Å². The zero-order valence-electron chi connectivity index (χ0n) is 14.1. The molecule has 0 bridgehead atoms. The lowest BCUT2D eigenvalue weighted by molar-refractivity contribution is -0.133. The van der Waals surface area contributed by atoms with Crippen molar-refractivity contribution in [1.82, 2.24) is 20.2 Å². The van der Waals surface area contributed by atoms with Crippen molar-refractivity contribution < 1.29 is 4.79 Å². The Morgan fingerprint density at radius 2 is 2.17 bits per heavy atom. The lowest BCUT2D eigenvalue weighted by Crippen LogP contribution is -2.50. The second kappa shape index (κ2) is 6.93. The molecule has 1 amide bonds. The first kappa shape index (κ1) is 15.6. The summed E-state index contributed by atoms with van der Waals surface area (Å²) < 4.78 is 0. The van der Waals surface area contributed by atoms with Gasteiger partial charge in [-0.25, -0.2) is 4.98 Å². The van der Waals surface area contributed by atoms with Gasteiger partial charge in [0.25, 0.3) is 0 Å². The van der Waals surface area contributed by atoms with Crippen molar-refractivity contribution in [3.63, 3.8) is 0 Å². The fraction of sp³-hybridized carbons (Fsp3) is 0.579. The Kier molecular flexibility index (Phi) is 4.52. The topological polar surface area (TPSA) is 61.0 Å². The highest BCUT2D eigenvalue weighted by atomic mass is 16.2. The zero-order valence-corrected chi connectivity index (χ0v) is 14.1. The number of fused-ring (bicyclic) bond motifs is 2. The fourth-order valence-corrected chi connectivity index (χ4v) is 4.15. The number of benzene rings is 1. The second-order valence-corrected chi connectivity index (χ2v) is 7.15. The molecular formula is C19H26N4O. The minimum atomic E-state index is 0.276. The largest absolute Gasteiger partial charge is 0.342 e. The van der Waals surface area contributed by atoms with Crippen LogP contribution in [0, 0.1) is 5.92 Å². The summed E-state index contributed by atoms with van der Waals surface area (Å²) in [6.45, 7) is 2.96. The van der Waals surface area contributed by atoms with Crippen LogP contribution in [0.15, 0.2) is 24.3 Å². The number of rotatable bonds is 3. The van der Waals surface area contributed by atoms with Crippen molar-refractivity contribution in [2.75, 3.05) is 19.6 Å². The van der Waals surface area contributed by atoms with Crippen LogP contribution in [0.25, 0.3) is 11.0 Å². The highest BCUT2D eigenvalue weighted by Crippen LogP contribution is 2.25. The fourth-order valence-electron chi connectivity index (χ4n) is 4.15. The van der Waals surface area contributed by atoms with Gasteiger partial charge < -0.3 is 15.2 Å². The maximum Gasteiger partial charge on any atom is 0.223 e. The van der Waals surface area contributed by atoms with Gasteiger partial charge >= 0.3 is 0 Å². The standard InChI is InChI=1S/C19H26N4O/c24-19(9-8-18-21-16-6-1-2-7-17(16)22-18)23-12-10-15-14(13-23)5-3-4-11-20-15/h1-2,6-7,14-15,20H,3-5,8-13H2,(H,21,22)/t14-,15+/m0/s1. The van der Waals surface area contributed by atoms with Crippen molar-refractivity contribution in [2.24, 2.45) is 5.92 Å². The first-order valence-electron chi connectivity index (χ1n) is 9.24. The number of carbonyl (C=O) groups excluding carboxylic acids is 1. The van der Waals surface area contributed by atoms with Gasteiger partial charge in [0.15, 0.2) is 0 Å². The maximum absolute atomic E-state index is 12.6. The van der Waals surface area contributed by atoms with E-state index in [0.29, 0.717) is 24.8 Å². The molecule has 2 saturated heterocycles. The predicted octanol–water partition coefficient (Wildman–Crippen LogP) is 2.49. The molecular weight excluding hydrogens is 300 g/mol. The summed E-state index contributed by atoms with van der Waals surface area (Å²) >= 11 is 0. The Hall–Kier alpha value is -1.88. The van der Waals surface area contributed by atoms with E-state index < -0.39 is 0 Å². The molecule has 0 saturated carbocycles. The van der Waals surface area contributed by atoms with Gasteiger partial charge in [-0.2, -0.15) is 0 Å². The number of hydrogen-bond donors (Lipinski definition) is 2. The average molecular weight is 326 g/mol. The number of carbonyl (C=O) groups is 1. The molecule has 3 heterocycles. The smallest absolute Gasteiger partial charge is 0.223 e. The summed E-state index contributed by atoms with van der Waals surface area (Å²) in [5.74, 6) is 1.82. The van der Waals surface area contributed by atoms with Gasteiger partial charge in [0, 0.05) is 32.0 Å². The molecule has 5 heteroatoms. The molecule has 1 aromatic carbocycles. The van der Waals surface area contributed by atoms with Gasteiger partial charge in [-0.05, 0) is 43.9 Å². The van der Waals surface area contributed by atoms with Crippen LogP contribution in [0.5, 0.6) is 0 Å². The van der Waals surface area contributed by atoms with Gasteiger partial charge in [-0.3, -0.25) is 4.79 Å². The number of nitrogens with one attached hydrogen (secondary N) is 2. The van der Waals surface area contributed by atoms with Crippen molar-refractivity contribution in [1.29, 1.82) is 0 Å². The van der Waals surface area contributed by atoms with E-state index in [1.807, 2.05) is 24.3 Å². The number of aryl methyl sites for hydroxylation is 1. The van der Waals surface area contributed by atoms with Crippen LogP contribution in [-0.2, 0) is 11.2 Å². The molecule has 0 radical (unpaired) electrons. The Morgan fingerprint density at radius 3 is 3.08 bits per heavy atom. The van der Waals surface area contributed by atoms with Crippen molar-refractivity contribution in [3.05, 3.63) is 30.1 Å². The van der Waals surface area contributed by atoms with Crippen LogP contribution in [0.3, 0.4) is 0 Å². The van der Waals surface area contributed by atoms with E-state index in [0.717, 1.165) is 42.9 Å². The molecule has 0 unspecified atom stereocenters. The van der Waals surface area contributed by atoms with E-state index in [1.165, 1.54) is 19.3 Å². The number of amides is 1. The van der Waals surface area contributed by atoms with E-state index in [4.69, 9.17) is 0 Å². The Bertz CT molecular complexity index is 677. The lowest BCUT2D eigenvalue weighted by atomic mass is 9.89. The van der Waals surface area contributed by atoms with Crippen molar-refractivity contribution in [2.45, 2.75) is 44.6 Å². The lowest BCUT2D eigenvalue weighted by Gasteiger charge is -2.38. The third-order valence-electron chi connectivity index (χ3n) is 5.51. The van der Waals surface area contributed by atoms with Crippen LogP contribution in [0.4, 0.5) is 0 Å². The molecule has 2 atom stereocenters. The number of likely N-dealkylation sites (tertiary alicyclic amines) is 1. The molecule has 4 rings (SSSR count). The van der Waals surface area contributed by atoms with E-state index in [2.05, 4.69) is 20.2 Å². The van der Waals surface area contributed by atoms with Crippen molar-refractivity contribution in [3.8, 4) is 0 Å². The third-order valence-corrected chi connectivity index (χ3v) is 5.51. The monoisotopic (exact) mass is 326 g/mol. The van der Waals surface area contributed by atoms with Gasteiger partial charge in [0.1, 0.15) is 5.82 Å². The number of aromatic amines is 1. The van der Waals surface area contributed by atoms with Crippen LogP contribution in [-0.4, -0.2) is 46.5 Å². The van der Waals surface area contributed by atoms with Crippen molar-refractivity contribution >= 4 is 16.9 Å². The molecule has 2 fully saturated rings. The van der Waals surface area contributed by atoms with Crippen LogP contribution in [0.2, 0.25) is 0 Å². The number of aromatic nitrogens is 2. The zero-order chi connectivity index (χ0) is 16.4. The quantitative estimate of drug-likeness (QED) is 0.911. The number of imidazole rings is 1. The number of nitrogens with zero attached hydrogens (tertiary/aromatic N) is 2. The summed E-state index contributed by atoms with van der Waals surface area (Å²) in [7, 11) is 0. The number of H-pyrrole nitrogens is 1. The number of piperidine rings is 1. The first-order chi connectivity index (χ1) is 11.8. The summed E-state index contributed by atoms with van der Waals surface area (Å²) in [4.78, 5) is 22.6. The van der Waals surface area contributed by atoms with Crippen LogP contribution < -0.4 is 5.32 Å². The van der Waals surface area contributed by atoms with E-state index in [9.17, 15) is 4.79 Å². The minimum Gasteiger partial charge on any atom is -0.342 e. The number of hydrogen-bond acceptors (Lipinski definition) is 3. The Labute approximate surface area is 142 Å². The SMILES string of the molecule is O=C(CCc1nc2ccccc2[nH]1)N1CC[C@H]2NCCCC[C@H]2C1. The van der Waals surface area contributed by atoms with Gasteiger partial charge in [0.2, 0.25) is 5.91 Å². The number of para-hydroxylation sites is 2. The molecule has 24 heavy (non-hydrogen) atoms. The summed E-state index contributed by atoms with van der Waals surface area (Å²) in [6, 6.07) is 8.63. The minimum absolute atomic E-state index is 0.276. The predicted molar refractivity (Wildman–Crippen MR) is 94.7 cm³/mol. The molecule has 2 aliphatic heterocycles. The molecule has 5 nitrogen and oxygen atoms in total. The molecule has 2 aliphatic rings. The summed E-state index contributed by atoms with van der Waals surface area (Å²) in [6.07, 6.45) is 6.15. The molecule has 0 spiro atoms. The second-order valence-electron chi connectivity index (χ2n) is 7.15. The third kappa shape index (κ3) is 3.31. The van der Waals surface area contributed by atoms with Gasteiger partial charge in [0.05, 0.1) is 11.0 Å². The van der Waals surface area contributed by atoms with E-state index in [-0.39, 0.29) is 5.91 Å². The van der Waals surface area contributed by atoms with E-state index in [1.54, 1.807) is 0 Å². The highest BCUT2D eigenvalue weighted by Gasteiger charge is 2.31. The first-order valence-corrected chi connectivity index (χ1v) is 9.24.